The molecule has 0 aliphatic heterocycles. The molecule has 3 nitrogen and oxygen atoms in total. The van der Waals surface area contributed by atoms with E-state index in [1.54, 1.807) is 0 Å². The van der Waals surface area contributed by atoms with Crippen molar-refractivity contribution in [2.45, 2.75) is 68.4 Å². The van der Waals surface area contributed by atoms with Gasteiger partial charge in [0.05, 0.1) is 19.3 Å². The van der Waals surface area contributed by atoms with Crippen molar-refractivity contribution in [2.75, 3.05) is 13.2 Å². The normalized spacial score (nSPS) is 11.9. The van der Waals surface area contributed by atoms with E-state index < -0.39 is 0 Å². The maximum atomic E-state index is 10.0. The molecule has 0 heterocycles. The highest BCUT2D eigenvalue weighted by atomic mass is 16.5. The van der Waals surface area contributed by atoms with Crippen molar-refractivity contribution in [3.63, 3.8) is 0 Å². The maximum Gasteiger partial charge on any atom is 0.302 e. The first kappa shape index (κ1) is 19.8. The molecule has 0 aromatic carbocycles. The lowest BCUT2D eigenvalue weighted by Crippen LogP contribution is -2.21. The lowest BCUT2D eigenvalue weighted by atomic mass is 9.97. The van der Waals surface area contributed by atoms with Crippen molar-refractivity contribution in [3.8, 4) is 0 Å². The van der Waals surface area contributed by atoms with E-state index in [4.69, 9.17) is 4.74 Å². The minimum absolute atomic E-state index is 0.0255. The van der Waals surface area contributed by atoms with E-state index >= 15 is 0 Å². The first-order valence-electron chi connectivity index (χ1n) is 6.58. The van der Waals surface area contributed by atoms with Crippen LogP contribution in [-0.2, 0) is 14.3 Å². The molecule has 0 radical (unpaired) electrons. The third-order valence-corrected chi connectivity index (χ3v) is 1.47. The highest BCUT2D eigenvalue weighted by molar-refractivity contribution is 5.66. The van der Waals surface area contributed by atoms with E-state index in [1.807, 2.05) is 13.8 Å². The number of hydrogen-bond donors (Lipinski definition) is 0. The summed E-state index contributed by atoms with van der Waals surface area (Å²) in [5.74, 6) is -0.213. The molecule has 0 spiro atoms. The number of esters is 1. The third-order valence-electron chi connectivity index (χ3n) is 1.47. The van der Waals surface area contributed by atoms with Crippen LogP contribution in [0.3, 0.4) is 0 Å². The summed E-state index contributed by atoms with van der Waals surface area (Å²) in [4.78, 5) is 10.0. The zero-order chi connectivity index (χ0) is 15.0. The molecule has 0 fully saturated rings. The summed E-state index contributed by atoms with van der Waals surface area (Å²) >= 11 is 0. The van der Waals surface area contributed by atoms with Gasteiger partial charge in [0.25, 0.3) is 0 Å². The van der Waals surface area contributed by atoms with Crippen molar-refractivity contribution in [1.29, 1.82) is 0 Å². The van der Waals surface area contributed by atoms with Gasteiger partial charge in [-0.25, -0.2) is 0 Å². The van der Waals surface area contributed by atoms with Crippen LogP contribution in [0, 0.1) is 10.8 Å². The van der Waals surface area contributed by atoms with Gasteiger partial charge in [0, 0.05) is 6.92 Å². The highest BCUT2D eigenvalue weighted by Gasteiger charge is 2.14. The van der Waals surface area contributed by atoms with E-state index in [9.17, 15) is 4.79 Å². The molecule has 0 rings (SSSR count). The van der Waals surface area contributed by atoms with Gasteiger partial charge in [0.15, 0.2) is 0 Å². The Bertz CT molecular complexity index is 205. The summed E-state index contributed by atoms with van der Waals surface area (Å²) in [6.07, 6.45) is 0.0255. The molecule has 0 atom stereocenters. The molecular formula is C15H32O3. The predicted octanol–water partition coefficient (Wildman–Crippen LogP) is 4.05. The van der Waals surface area contributed by atoms with Crippen molar-refractivity contribution in [1.82, 2.24) is 0 Å². The zero-order valence-electron chi connectivity index (χ0n) is 13.7. The average molecular weight is 260 g/mol. The summed E-state index contributed by atoms with van der Waals surface area (Å²) in [6.45, 7) is 19.9. The van der Waals surface area contributed by atoms with Crippen molar-refractivity contribution in [3.05, 3.63) is 0 Å². The second-order valence-corrected chi connectivity index (χ2v) is 7.27. The molecule has 110 valence electrons. The molecule has 0 aliphatic carbocycles. The number of carbonyl (C=O) groups excluding carboxylic acids is 1. The average Bonchev–Trinajstić information content (AvgIpc) is 1.95. The summed E-state index contributed by atoms with van der Waals surface area (Å²) < 4.78 is 10.2. The number of ether oxygens (including phenoxy) is 2. The van der Waals surface area contributed by atoms with Crippen LogP contribution < -0.4 is 0 Å². The van der Waals surface area contributed by atoms with Crippen molar-refractivity contribution >= 4 is 5.97 Å². The SMILES string of the molecule is CC(=O)OC(C)C.CC(C)(C)COCC(C)(C)C. The first-order valence-corrected chi connectivity index (χ1v) is 6.58. The second kappa shape index (κ2) is 8.52. The maximum absolute atomic E-state index is 10.0. The van der Waals surface area contributed by atoms with Crippen LogP contribution in [0.4, 0.5) is 0 Å². The molecule has 0 aromatic rings. The quantitative estimate of drug-likeness (QED) is 0.718. The van der Waals surface area contributed by atoms with E-state index in [-0.39, 0.29) is 12.1 Å². The minimum Gasteiger partial charge on any atom is -0.463 e. The van der Waals surface area contributed by atoms with E-state index in [2.05, 4.69) is 46.3 Å². The molecule has 0 aliphatic rings. The van der Waals surface area contributed by atoms with Gasteiger partial charge >= 0.3 is 5.97 Å². The smallest absolute Gasteiger partial charge is 0.302 e. The molecule has 0 amide bonds. The third kappa shape index (κ3) is 24.6. The molecule has 0 bridgehead atoms. The zero-order valence-corrected chi connectivity index (χ0v) is 13.7. The largest absolute Gasteiger partial charge is 0.463 e. The number of hydrogen-bond acceptors (Lipinski definition) is 3. The van der Waals surface area contributed by atoms with Gasteiger partial charge in [0.1, 0.15) is 0 Å². The number of rotatable bonds is 3. The van der Waals surface area contributed by atoms with Crippen molar-refractivity contribution < 1.29 is 14.3 Å². The fourth-order valence-corrected chi connectivity index (χ4v) is 0.995. The van der Waals surface area contributed by atoms with Gasteiger partial charge in [-0.2, -0.15) is 0 Å². The lowest BCUT2D eigenvalue weighted by Gasteiger charge is -2.23. The van der Waals surface area contributed by atoms with Gasteiger partial charge < -0.3 is 9.47 Å². The molecule has 0 N–H and O–H groups in total. The van der Waals surface area contributed by atoms with Crippen LogP contribution in [0.1, 0.15) is 62.3 Å². The Hall–Kier alpha value is -0.570. The lowest BCUT2D eigenvalue weighted by molar-refractivity contribution is -0.144. The van der Waals surface area contributed by atoms with Crippen LogP contribution in [0.25, 0.3) is 0 Å². The van der Waals surface area contributed by atoms with Crippen LogP contribution >= 0.6 is 0 Å². The van der Waals surface area contributed by atoms with Crippen LogP contribution in [0.5, 0.6) is 0 Å². The standard InChI is InChI=1S/C10H22O.C5H10O2/c1-9(2,3)7-11-8-10(4,5)6;1-4(2)7-5(3)6/h7-8H2,1-6H3;4H,1-3H3. The van der Waals surface area contributed by atoms with E-state index in [1.165, 1.54) is 6.92 Å². The van der Waals surface area contributed by atoms with Gasteiger partial charge in [0.2, 0.25) is 0 Å². The Morgan fingerprint density at radius 2 is 1.28 bits per heavy atom. The monoisotopic (exact) mass is 260 g/mol. The molecular weight excluding hydrogens is 228 g/mol. The molecule has 18 heavy (non-hydrogen) atoms. The molecule has 0 aromatic heterocycles. The fraction of sp³-hybridized carbons (Fsp3) is 0.933. The van der Waals surface area contributed by atoms with Crippen molar-refractivity contribution in [2.24, 2.45) is 10.8 Å². The molecule has 0 unspecified atom stereocenters. The van der Waals surface area contributed by atoms with Crippen LogP contribution in [0.2, 0.25) is 0 Å². The summed E-state index contributed by atoms with van der Waals surface area (Å²) in [6, 6.07) is 0. The number of carbonyl (C=O) groups is 1. The highest BCUT2D eigenvalue weighted by Crippen LogP contribution is 2.17. The van der Waals surface area contributed by atoms with E-state index in [0.717, 1.165) is 13.2 Å². The van der Waals surface area contributed by atoms with Gasteiger partial charge in [-0.1, -0.05) is 41.5 Å². The van der Waals surface area contributed by atoms with Gasteiger partial charge in [-0.3, -0.25) is 4.79 Å². The van der Waals surface area contributed by atoms with Gasteiger partial charge in [-0.05, 0) is 24.7 Å². The summed E-state index contributed by atoms with van der Waals surface area (Å²) in [5.41, 5.74) is 0.594. The summed E-state index contributed by atoms with van der Waals surface area (Å²) in [7, 11) is 0. The Labute approximate surface area is 113 Å². The molecule has 0 saturated heterocycles. The summed E-state index contributed by atoms with van der Waals surface area (Å²) in [5, 5.41) is 0. The predicted molar refractivity (Wildman–Crippen MR) is 76.6 cm³/mol. The fourth-order valence-electron chi connectivity index (χ4n) is 0.995. The van der Waals surface area contributed by atoms with Gasteiger partial charge in [-0.15, -0.1) is 0 Å². The Kier molecular flexibility index (Phi) is 9.35. The topological polar surface area (TPSA) is 35.5 Å². The minimum atomic E-state index is -0.213. The second-order valence-electron chi connectivity index (χ2n) is 7.27. The Balaban J connectivity index is 0. The first-order chi connectivity index (χ1) is 7.83. The van der Waals surface area contributed by atoms with E-state index in [0.29, 0.717) is 10.8 Å². The van der Waals surface area contributed by atoms with Crippen LogP contribution in [-0.4, -0.2) is 25.3 Å². The molecule has 3 heteroatoms. The van der Waals surface area contributed by atoms with Crippen LogP contribution in [0.15, 0.2) is 0 Å². The Morgan fingerprint density at radius 1 is 0.944 bits per heavy atom. The Morgan fingerprint density at radius 3 is 1.39 bits per heavy atom. The molecule has 0 saturated carbocycles.